The molecule has 3 aromatic carbocycles. The van der Waals surface area contributed by atoms with Crippen molar-refractivity contribution in [2.75, 3.05) is 11.5 Å². The normalized spacial score (nSPS) is 17.3. The first-order valence-electron chi connectivity index (χ1n) is 11.4. The summed E-state index contributed by atoms with van der Waals surface area (Å²) in [5, 5.41) is 11.7. The van der Waals surface area contributed by atoms with Gasteiger partial charge < -0.3 is 9.84 Å². The van der Waals surface area contributed by atoms with Crippen LogP contribution in [-0.2, 0) is 9.59 Å². The van der Waals surface area contributed by atoms with Gasteiger partial charge in [0.25, 0.3) is 5.78 Å². The SMILES string of the molecule is CCOc1ccc([C@H]2C(=C(O)c3ccc(C)cc3)C(=O)C(=O)N2c2nc3ccc(C)cc3s2)cc1. The van der Waals surface area contributed by atoms with Crippen molar-refractivity contribution in [3.8, 4) is 5.75 Å². The summed E-state index contributed by atoms with van der Waals surface area (Å²) in [7, 11) is 0. The largest absolute Gasteiger partial charge is 0.507 e. The van der Waals surface area contributed by atoms with Crippen LogP contribution in [0.15, 0.2) is 72.3 Å². The Morgan fingerprint density at radius 2 is 1.69 bits per heavy atom. The number of carbonyl (C=O) groups excluding carboxylic acids is 2. The van der Waals surface area contributed by atoms with Crippen LogP contribution in [0.4, 0.5) is 5.13 Å². The topological polar surface area (TPSA) is 79.7 Å². The van der Waals surface area contributed by atoms with Gasteiger partial charge in [0.2, 0.25) is 0 Å². The molecule has 5 rings (SSSR count). The van der Waals surface area contributed by atoms with Crippen LogP contribution in [0.5, 0.6) is 5.75 Å². The van der Waals surface area contributed by atoms with Crippen LogP contribution in [0.3, 0.4) is 0 Å². The van der Waals surface area contributed by atoms with Gasteiger partial charge in [-0.3, -0.25) is 14.5 Å². The number of hydrogen-bond donors (Lipinski definition) is 1. The minimum Gasteiger partial charge on any atom is -0.507 e. The third-order valence-electron chi connectivity index (χ3n) is 6.02. The third-order valence-corrected chi connectivity index (χ3v) is 7.03. The van der Waals surface area contributed by atoms with Gasteiger partial charge in [0.1, 0.15) is 11.5 Å². The predicted molar refractivity (Wildman–Crippen MR) is 138 cm³/mol. The predicted octanol–water partition coefficient (Wildman–Crippen LogP) is 5.94. The molecule has 35 heavy (non-hydrogen) atoms. The zero-order valence-electron chi connectivity index (χ0n) is 19.6. The molecule has 1 atom stereocenters. The molecule has 1 aliphatic heterocycles. The van der Waals surface area contributed by atoms with E-state index in [9.17, 15) is 14.7 Å². The Kier molecular flexibility index (Phi) is 5.86. The molecule has 0 unspecified atom stereocenters. The van der Waals surface area contributed by atoms with Gasteiger partial charge in [-0.1, -0.05) is 59.4 Å². The van der Waals surface area contributed by atoms with E-state index in [-0.39, 0.29) is 11.3 Å². The van der Waals surface area contributed by atoms with Gasteiger partial charge in [-0.05, 0) is 56.2 Å². The summed E-state index contributed by atoms with van der Waals surface area (Å²) < 4.78 is 6.49. The van der Waals surface area contributed by atoms with E-state index in [1.165, 1.54) is 16.2 Å². The van der Waals surface area contributed by atoms with Crippen molar-refractivity contribution in [1.29, 1.82) is 0 Å². The number of thiazole rings is 1. The van der Waals surface area contributed by atoms with E-state index in [1.807, 2.05) is 63.2 Å². The second-order valence-corrected chi connectivity index (χ2v) is 9.51. The zero-order valence-corrected chi connectivity index (χ0v) is 20.4. The smallest absolute Gasteiger partial charge is 0.301 e. The fraction of sp³-hybridized carbons (Fsp3) is 0.179. The zero-order chi connectivity index (χ0) is 24.7. The number of benzene rings is 3. The van der Waals surface area contributed by atoms with E-state index >= 15 is 0 Å². The first-order valence-corrected chi connectivity index (χ1v) is 12.2. The number of aromatic nitrogens is 1. The van der Waals surface area contributed by atoms with Crippen LogP contribution < -0.4 is 9.64 Å². The Bertz CT molecular complexity index is 1470. The second kappa shape index (κ2) is 9.00. The van der Waals surface area contributed by atoms with Gasteiger partial charge in [-0.15, -0.1) is 0 Å². The van der Waals surface area contributed by atoms with Gasteiger partial charge in [0.15, 0.2) is 5.13 Å². The number of amides is 1. The number of anilines is 1. The molecule has 1 N–H and O–H groups in total. The summed E-state index contributed by atoms with van der Waals surface area (Å²) in [4.78, 5) is 32.8. The highest BCUT2D eigenvalue weighted by molar-refractivity contribution is 7.22. The number of carbonyl (C=O) groups is 2. The van der Waals surface area contributed by atoms with Crippen molar-refractivity contribution in [3.63, 3.8) is 0 Å². The summed E-state index contributed by atoms with van der Waals surface area (Å²) >= 11 is 1.35. The lowest BCUT2D eigenvalue weighted by molar-refractivity contribution is -0.132. The van der Waals surface area contributed by atoms with Crippen LogP contribution >= 0.6 is 11.3 Å². The van der Waals surface area contributed by atoms with E-state index in [0.29, 0.717) is 28.6 Å². The lowest BCUT2D eigenvalue weighted by atomic mass is 9.95. The monoisotopic (exact) mass is 484 g/mol. The quantitative estimate of drug-likeness (QED) is 0.215. The van der Waals surface area contributed by atoms with E-state index in [1.54, 1.807) is 24.3 Å². The molecule has 2 heterocycles. The average Bonchev–Trinajstić information content (AvgIpc) is 3.37. The molecule has 7 heteroatoms. The Morgan fingerprint density at radius 3 is 2.37 bits per heavy atom. The van der Waals surface area contributed by atoms with Crippen LogP contribution in [0.25, 0.3) is 16.0 Å². The number of ether oxygens (including phenoxy) is 1. The molecule has 0 aliphatic carbocycles. The molecular formula is C28H24N2O4S. The van der Waals surface area contributed by atoms with Crippen molar-refractivity contribution < 1.29 is 19.4 Å². The maximum absolute atomic E-state index is 13.4. The fourth-order valence-corrected chi connectivity index (χ4v) is 5.34. The van der Waals surface area contributed by atoms with Crippen LogP contribution in [0, 0.1) is 13.8 Å². The fourth-order valence-electron chi connectivity index (χ4n) is 4.25. The van der Waals surface area contributed by atoms with E-state index in [2.05, 4.69) is 4.98 Å². The van der Waals surface area contributed by atoms with Gasteiger partial charge in [-0.2, -0.15) is 0 Å². The van der Waals surface area contributed by atoms with Crippen molar-refractivity contribution >= 4 is 44.1 Å². The Balaban J connectivity index is 1.70. The summed E-state index contributed by atoms with van der Waals surface area (Å²) in [6, 6.07) is 19.5. The highest BCUT2D eigenvalue weighted by Crippen LogP contribution is 2.44. The van der Waals surface area contributed by atoms with Crippen LogP contribution in [0.1, 0.15) is 35.2 Å². The second-order valence-electron chi connectivity index (χ2n) is 8.50. The molecule has 4 aromatic rings. The number of aliphatic hydroxyl groups is 1. The summed E-state index contributed by atoms with van der Waals surface area (Å²) in [5.74, 6) is -0.977. The number of nitrogens with zero attached hydrogens (tertiary/aromatic N) is 2. The molecule has 6 nitrogen and oxygen atoms in total. The van der Waals surface area contributed by atoms with Crippen molar-refractivity contribution in [1.82, 2.24) is 4.98 Å². The maximum atomic E-state index is 13.4. The lowest BCUT2D eigenvalue weighted by Gasteiger charge is -2.23. The Labute approximate surface area is 207 Å². The number of aryl methyl sites for hydroxylation is 2. The molecular weight excluding hydrogens is 460 g/mol. The standard InChI is InChI=1S/C28H24N2O4S/c1-4-34-20-12-10-18(11-13-20)24-23(25(31)19-8-5-16(2)6-9-19)26(32)27(33)30(24)28-29-21-14-7-17(3)15-22(21)35-28/h5-15,24,31H,4H2,1-3H3/t24-/m0/s1. The molecule has 176 valence electrons. The molecule has 0 saturated carbocycles. The van der Waals surface area contributed by atoms with Gasteiger partial charge >= 0.3 is 5.91 Å². The molecule has 1 aromatic heterocycles. The number of Topliss-reactive ketones (excluding diaryl/α,β-unsaturated/α-hetero) is 1. The highest BCUT2D eigenvalue weighted by atomic mass is 32.1. The first kappa shape index (κ1) is 22.8. The van der Waals surface area contributed by atoms with Crippen molar-refractivity contribution in [2.24, 2.45) is 0 Å². The molecule has 1 aliphatic rings. The number of ketones is 1. The highest BCUT2D eigenvalue weighted by Gasteiger charge is 2.48. The summed E-state index contributed by atoms with van der Waals surface area (Å²) in [5.41, 5.74) is 4.05. The molecule has 0 bridgehead atoms. The summed E-state index contributed by atoms with van der Waals surface area (Å²) in [6.45, 7) is 6.36. The molecule has 0 spiro atoms. The summed E-state index contributed by atoms with van der Waals surface area (Å²) in [6.07, 6.45) is 0. The van der Waals surface area contributed by atoms with Gasteiger partial charge in [0, 0.05) is 5.56 Å². The Hall–Kier alpha value is -3.97. The Morgan fingerprint density at radius 1 is 1.00 bits per heavy atom. The average molecular weight is 485 g/mol. The molecule has 1 amide bonds. The lowest BCUT2D eigenvalue weighted by Crippen LogP contribution is -2.29. The number of fused-ring (bicyclic) bond motifs is 1. The van der Waals surface area contributed by atoms with Gasteiger partial charge in [-0.25, -0.2) is 4.98 Å². The maximum Gasteiger partial charge on any atom is 0.301 e. The third kappa shape index (κ3) is 4.08. The van der Waals surface area contributed by atoms with Crippen LogP contribution in [-0.4, -0.2) is 28.4 Å². The van der Waals surface area contributed by atoms with Gasteiger partial charge in [0.05, 0.1) is 28.4 Å². The minimum atomic E-state index is -0.825. The number of rotatable bonds is 5. The van der Waals surface area contributed by atoms with Crippen molar-refractivity contribution in [3.05, 3.63) is 94.6 Å². The molecule has 0 radical (unpaired) electrons. The minimum absolute atomic E-state index is 0.0402. The number of aliphatic hydroxyl groups excluding tert-OH is 1. The molecule has 1 saturated heterocycles. The first-order chi connectivity index (χ1) is 16.9. The number of hydrogen-bond acceptors (Lipinski definition) is 6. The molecule has 1 fully saturated rings. The van der Waals surface area contributed by atoms with E-state index < -0.39 is 17.7 Å². The van der Waals surface area contributed by atoms with E-state index in [0.717, 1.165) is 21.3 Å². The van der Waals surface area contributed by atoms with Crippen LogP contribution in [0.2, 0.25) is 0 Å². The van der Waals surface area contributed by atoms with E-state index in [4.69, 9.17) is 4.74 Å². The van der Waals surface area contributed by atoms with Crippen molar-refractivity contribution in [2.45, 2.75) is 26.8 Å².